The Morgan fingerprint density at radius 2 is 1.67 bits per heavy atom. The Balaban J connectivity index is 1.63. The first-order chi connectivity index (χ1) is 14.8. The molecule has 0 amide bonds. The standard InChI is InChI=1S/C25H24N2O2S/c1-2-29-21-16-14-20(15-17-21)27-24(28)22-12-6-7-13-23(22)26-25(27)30-18-8-11-19-9-4-3-5-10-19/h3-7,9-10,12-17H,2,8,11,18H2,1H3. The van der Waals surface area contributed by atoms with E-state index in [4.69, 9.17) is 9.72 Å². The van der Waals surface area contributed by atoms with Crippen LogP contribution in [0.3, 0.4) is 0 Å². The molecule has 0 aliphatic heterocycles. The zero-order chi connectivity index (χ0) is 20.8. The van der Waals surface area contributed by atoms with Crippen LogP contribution in [0.15, 0.2) is 88.8 Å². The van der Waals surface area contributed by atoms with Gasteiger partial charge in [0.1, 0.15) is 5.75 Å². The number of thioether (sulfide) groups is 1. The van der Waals surface area contributed by atoms with Gasteiger partial charge in [-0.25, -0.2) is 4.98 Å². The molecule has 4 aromatic rings. The third kappa shape index (κ3) is 4.57. The molecule has 0 radical (unpaired) electrons. The second-order valence-electron chi connectivity index (χ2n) is 6.92. The summed E-state index contributed by atoms with van der Waals surface area (Å²) in [6, 6.07) is 25.6. The quantitative estimate of drug-likeness (QED) is 0.216. The van der Waals surface area contributed by atoms with Gasteiger partial charge < -0.3 is 4.74 Å². The zero-order valence-electron chi connectivity index (χ0n) is 17.0. The normalized spacial score (nSPS) is 11.0. The highest BCUT2D eigenvalue weighted by Gasteiger charge is 2.13. The summed E-state index contributed by atoms with van der Waals surface area (Å²) < 4.78 is 7.25. The van der Waals surface area contributed by atoms with E-state index in [1.807, 2.05) is 61.5 Å². The molecule has 0 N–H and O–H groups in total. The van der Waals surface area contributed by atoms with Gasteiger partial charge in [0.15, 0.2) is 5.16 Å². The Bertz CT molecular complexity index is 1170. The number of ether oxygens (including phenoxy) is 1. The molecule has 0 unspecified atom stereocenters. The minimum atomic E-state index is -0.0460. The van der Waals surface area contributed by atoms with E-state index in [9.17, 15) is 4.79 Å². The largest absolute Gasteiger partial charge is 0.494 e. The second kappa shape index (κ2) is 9.63. The molecule has 30 heavy (non-hydrogen) atoms. The molecule has 5 heteroatoms. The topological polar surface area (TPSA) is 44.1 Å². The number of hydrogen-bond acceptors (Lipinski definition) is 4. The van der Waals surface area contributed by atoms with E-state index in [2.05, 4.69) is 24.3 Å². The molecule has 152 valence electrons. The molecule has 0 fully saturated rings. The molecule has 1 heterocycles. The number of aryl methyl sites for hydroxylation is 1. The minimum Gasteiger partial charge on any atom is -0.494 e. The molecule has 3 aromatic carbocycles. The Kier molecular flexibility index (Phi) is 6.50. The fourth-order valence-corrected chi connectivity index (χ4v) is 4.33. The van der Waals surface area contributed by atoms with Crippen LogP contribution in [-0.2, 0) is 6.42 Å². The Labute approximate surface area is 180 Å². The molecule has 0 spiro atoms. The Morgan fingerprint density at radius 1 is 0.933 bits per heavy atom. The first kappa shape index (κ1) is 20.2. The molecule has 0 saturated carbocycles. The summed E-state index contributed by atoms with van der Waals surface area (Å²) in [5.74, 6) is 1.68. The van der Waals surface area contributed by atoms with Gasteiger partial charge in [0, 0.05) is 5.75 Å². The predicted molar refractivity (Wildman–Crippen MR) is 124 cm³/mol. The summed E-state index contributed by atoms with van der Waals surface area (Å²) in [4.78, 5) is 18.1. The van der Waals surface area contributed by atoms with E-state index in [0.717, 1.165) is 40.7 Å². The maximum Gasteiger partial charge on any atom is 0.266 e. The van der Waals surface area contributed by atoms with Gasteiger partial charge >= 0.3 is 0 Å². The van der Waals surface area contributed by atoms with Gasteiger partial charge in [-0.3, -0.25) is 9.36 Å². The molecular formula is C25H24N2O2S. The van der Waals surface area contributed by atoms with Gasteiger partial charge in [-0.15, -0.1) is 0 Å². The summed E-state index contributed by atoms with van der Waals surface area (Å²) in [7, 11) is 0. The van der Waals surface area contributed by atoms with E-state index in [0.29, 0.717) is 12.0 Å². The van der Waals surface area contributed by atoms with Crippen LogP contribution in [0.5, 0.6) is 5.75 Å². The van der Waals surface area contributed by atoms with Crippen molar-refractivity contribution < 1.29 is 4.74 Å². The summed E-state index contributed by atoms with van der Waals surface area (Å²) in [6.07, 6.45) is 2.02. The maximum atomic E-state index is 13.3. The van der Waals surface area contributed by atoms with Crippen molar-refractivity contribution in [3.63, 3.8) is 0 Å². The highest BCUT2D eigenvalue weighted by molar-refractivity contribution is 7.99. The molecule has 4 rings (SSSR count). The van der Waals surface area contributed by atoms with Crippen LogP contribution in [0.2, 0.25) is 0 Å². The van der Waals surface area contributed by atoms with Crippen LogP contribution in [0.25, 0.3) is 16.6 Å². The summed E-state index contributed by atoms with van der Waals surface area (Å²) >= 11 is 1.63. The summed E-state index contributed by atoms with van der Waals surface area (Å²) in [5, 5.41) is 1.34. The van der Waals surface area contributed by atoms with Crippen molar-refractivity contribution in [2.75, 3.05) is 12.4 Å². The summed E-state index contributed by atoms with van der Waals surface area (Å²) in [5.41, 5.74) is 2.81. The van der Waals surface area contributed by atoms with Crippen LogP contribution in [0.4, 0.5) is 0 Å². The number of rotatable bonds is 8. The molecule has 0 aliphatic rings. The lowest BCUT2D eigenvalue weighted by molar-refractivity contribution is 0.340. The molecule has 0 aliphatic carbocycles. The fraction of sp³-hybridized carbons (Fsp3) is 0.200. The third-order valence-corrected chi connectivity index (χ3v) is 5.86. The smallest absolute Gasteiger partial charge is 0.266 e. The van der Waals surface area contributed by atoms with Crippen molar-refractivity contribution in [1.82, 2.24) is 9.55 Å². The van der Waals surface area contributed by atoms with Crippen LogP contribution < -0.4 is 10.3 Å². The van der Waals surface area contributed by atoms with Gasteiger partial charge in [-0.2, -0.15) is 0 Å². The highest BCUT2D eigenvalue weighted by atomic mass is 32.2. The molecular weight excluding hydrogens is 392 g/mol. The third-order valence-electron chi connectivity index (χ3n) is 4.83. The lowest BCUT2D eigenvalue weighted by Gasteiger charge is -2.14. The number of para-hydroxylation sites is 1. The van der Waals surface area contributed by atoms with Crippen LogP contribution in [0, 0.1) is 0 Å². The molecule has 0 saturated heterocycles. The predicted octanol–water partition coefficient (Wildman–Crippen LogP) is 5.51. The van der Waals surface area contributed by atoms with Gasteiger partial charge in [0.05, 0.1) is 23.2 Å². The number of fused-ring (bicyclic) bond motifs is 1. The molecule has 1 aromatic heterocycles. The van der Waals surface area contributed by atoms with Gasteiger partial charge in [-0.05, 0) is 61.7 Å². The number of nitrogens with zero attached hydrogens (tertiary/aromatic N) is 2. The number of hydrogen-bond donors (Lipinski definition) is 0. The van der Waals surface area contributed by atoms with E-state index in [-0.39, 0.29) is 5.56 Å². The van der Waals surface area contributed by atoms with Crippen molar-refractivity contribution in [3.05, 3.63) is 94.8 Å². The van der Waals surface area contributed by atoms with Crippen LogP contribution in [0.1, 0.15) is 18.9 Å². The van der Waals surface area contributed by atoms with Crippen LogP contribution >= 0.6 is 11.8 Å². The lowest BCUT2D eigenvalue weighted by atomic mass is 10.1. The van der Waals surface area contributed by atoms with Gasteiger partial charge in [-0.1, -0.05) is 54.2 Å². The Morgan fingerprint density at radius 3 is 2.43 bits per heavy atom. The second-order valence-corrected chi connectivity index (χ2v) is 7.98. The monoisotopic (exact) mass is 416 g/mol. The van der Waals surface area contributed by atoms with Crippen LogP contribution in [-0.4, -0.2) is 21.9 Å². The number of benzene rings is 3. The molecule has 4 nitrogen and oxygen atoms in total. The SMILES string of the molecule is CCOc1ccc(-n2c(SCCCc3ccccc3)nc3ccccc3c2=O)cc1. The average Bonchev–Trinajstić information content (AvgIpc) is 2.79. The molecule has 0 bridgehead atoms. The van der Waals surface area contributed by atoms with Crippen molar-refractivity contribution in [3.8, 4) is 11.4 Å². The Hall–Kier alpha value is -3.05. The maximum absolute atomic E-state index is 13.3. The first-order valence-corrected chi connectivity index (χ1v) is 11.2. The van der Waals surface area contributed by atoms with Crippen molar-refractivity contribution >= 4 is 22.7 Å². The van der Waals surface area contributed by atoms with Crippen molar-refractivity contribution in [2.24, 2.45) is 0 Å². The van der Waals surface area contributed by atoms with Gasteiger partial charge in [0.2, 0.25) is 0 Å². The van der Waals surface area contributed by atoms with E-state index in [1.165, 1.54) is 5.56 Å². The van der Waals surface area contributed by atoms with E-state index >= 15 is 0 Å². The number of aromatic nitrogens is 2. The van der Waals surface area contributed by atoms with E-state index < -0.39 is 0 Å². The zero-order valence-corrected chi connectivity index (χ0v) is 17.8. The fourth-order valence-electron chi connectivity index (χ4n) is 3.38. The highest BCUT2D eigenvalue weighted by Crippen LogP contribution is 2.24. The lowest BCUT2D eigenvalue weighted by Crippen LogP contribution is -2.21. The molecule has 0 atom stereocenters. The van der Waals surface area contributed by atoms with Crippen molar-refractivity contribution in [1.29, 1.82) is 0 Å². The summed E-state index contributed by atoms with van der Waals surface area (Å²) in [6.45, 7) is 2.56. The first-order valence-electron chi connectivity index (χ1n) is 10.2. The minimum absolute atomic E-state index is 0.0460. The van der Waals surface area contributed by atoms with Gasteiger partial charge in [0.25, 0.3) is 5.56 Å². The van der Waals surface area contributed by atoms with E-state index in [1.54, 1.807) is 16.3 Å². The average molecular weight is 417 g/mol. The van der Waals surface area contributed by atoms with Crippen molar-refractivity contribution in [2.45, 2.75) is 24.9 Å².